The number of ketones is 2. The van der Waals surface area contributed by atoms with Gasteiger partial charge in [-0.2, -0.15) is 0 Å². The lowest BCUT2D eigenvalue weighted by atomic mass is 9.71. The fourth-order valence-electron chi connectivity index (χ4n) is 2.73. The molecule has 5 heteroatoms. The van der Waals surface area contributed by atoms with E-state index in [1.807, 2.05) is 6.08 Å². The van der Waals surface area contributed by atoms with E-state index in [2.05, 4.69) is 0 Å². The number of hydrogen-bond donors (Lipinski definition) is 3. The van der Waals surface area contributed by atoms with Crippen molar-refractivity contribution in [3.05, 3.63) is 59.2 Å². The number of hydrogen-bond acceptors (Lipinski definition) is 5. The molecule has 116 valence electrons. The molecule has 22 heavy (non-hydrogen) atoms. The van der Waals surface area contributed by atoms with E-state index in [1.54, 1.807) is 36.4 Å². The van der Waals surface area contributed by atoms with E-state index in [1.165, 1.54) is 0 Å². The zero-order valence-corrected chi connectivity index (χ0v) is 12.4. The van der Waals surface area contributed by atoms with Crippen LogP contribution in [0, 0.1) is 5.41 Å². The van der Waals surface area contributed by atoms with E-state index in [0.717, 1.165) is 11.1 Å². The van der Waals surface area contributed by atoms with Crippen LogP contribution in [-0.2, 0) is 4.79 Å². The molecule has 1 aliphatic rings. The standard InChI is InChI=1S/C17H21N3O2/c18-9-12-6-13(10-19)8-17(7-12,11-20)16(22)15(21)14-4-2-1-3-5-14/h1-7H,8-11,18-20H2. The van der Waals surface area contributed by atoms with E-state index in [4.69, 9.17) is 17.2 Å². The van der Waals surface area contributed by atoms with Crippen LogP contribution >= 0.6 is 0 Å². The van der Waals surface area contributed by atoms with Gasteiger partial charge in [-0.25, -0.2) is 0 Å². The molecule has 0 saturated carbocycles. The van der Waals surface area contributed by atoms with Gasteiger partial charge in [0.25, 0.3) is 0 Å². The van der Waals surface area contributed by atoms with Crippen molar-refractivity contribution in [1.82, 2.24) is 0 Å². The summed E-state index contributed by atoms with van der Waals surface area (Å²) in [7, 11) is 0. The van der Waals surface area contributed by atoms with Crippen molar-refractivity contribution in [2.75, 3.05) is 19.6 Å². The molecule has 5 nitrogen and oxygen atoms in total. The van der Waals surface area contributed by atoms with Crippen molar-refractivity contribution < 1.29 is 9.59 Å². The highest BCUT2D eigenvalue weighted by Crippen LogP contribution is 2.35. The summed E-state index contributed by atoms with van der Waals surface area (Å²) in [6.45, 7) is 0.634. The molecule has 0 radical (unpaired) electrons. The first-order valence-electron chi connectivity index (χ1n) is 7.22. The molecule has 0 saturated heterocycles. The Hall–Kier alpha value is -2.08. The molecule has 1 aromatic carbocycles. The Labute approximate surface area is 129 Å². The highest BCUT2D eigenvalue weighted by atomic mass is 16.2. The summed E-state index contributed by atoms with van der Waals surface area (Å²) >= 11 is 0. The van der Waals surface area contributed by atoms with Gasteiger partial charge in [-0.05, 0) is 12.0 Å². The van der Waals surface area contributed by atoms with Crippen molar-refractivity contribution in [2.24, 2.45) is 22.6 Å². The number of Topliss-reactive ketones (excluding diaryl/α,β-unsaturated/α-hetero) is 2. The lowest BCUT2D eigenvalue weighted by molar-refractivity contribution is -0.121. The molecule has 6 N–H and O–H groups in total. The maximum Gasteiger partial charge on any atom is 0.229 e. The van der Waals surface area contributed by atoms with Gasteiger partial charge in [-0.15, -0.1) is 0 Å². The van der Waals surface area contributed by atoms with Gasteiger partial charge in [0, 0.05) is 25.2 Å². The second kappa shape index (κ2) is 6.79. The van der Waals surface area contributed by atoms with E-state index in [0.29, 0.717) is 18.5 Å². The summed E-state index contributed by atoms with van der Waals surface area (Å²) in [6.07, 6.45) is 3.98. The number of benzene rings is 1. The molecule has 0 bridgehead atoms. The second-order valence-electron chi connectivity index (χ2n) is 5.49. The Kier molecular flexibility index (Phi) is 5.03. The summed E-state index contributed by atoms with van der Waals surface area (Å²) in [5.41, 5.74) is 18.2. The van der Waals surface area contributed by atoms with Crippen LogP contribution in [-0.4, -0.2) is 31.2 Å². The highest BCUT2D eigenvalue weighted by molar-refractivity contribution is 6.45. The molecular formula is C17H21N3O2. The first-order chi connectivity index (χ1) is 10.6. The minimum absolute atomic E-state index is 0.0469. The normalized spacial score (nSPS) is 21.0. The van der Waals surface area contributed by atoms with Crippen LogP contribution in [0.3, 0.4) is 0 Å². The van der Waals surface area contributed by atoms with Crippen LogP contribution in [0.2, 0.25) is 0 Å². The number of carbonyl (C=O) groups is 2. The van der Waals surface area contributed by atoms with Crippen LogP contribution in [0.5, 0.6) is 0 Å². The summed E-state index contributed by atoms with van der Waals surface area (Å²) in [4.78, 5) is 25.3. The van der Waals surface area contributed by atoms with Crippen LogP contribution in [0.4, 0.5) is 0 Å². The molecule has 0 amide bonds. The van der Waals surface area contributed by atoms with Gasteiger partial charge in [-0.1, -0.05) is 48.1 Å². The van der Waals surface area contributed by atoms with Crippen molar-refractivity contribution in [2.45, 2.75) is 6.42 Å². The van der Waals surface area contributed by atoms with Crippen molar-refractivity contribution in [3.8, 4) is 0 Å². The van der Waals surface area contributed by atoms with Crippen LogP contribution < -0.4 is 17.2 Å². The topological polar surface area (TPSA) is 112 Å². The van der Waals surface area contributed by atoms with Crippen LogP contribution in [0.25, 0.3) is 0 Å². The predicted octanol–water partition coefficient (Wildman–Crippen LogP) is 0.557. The predicted molar refractivity (Wildman–Crippen MR) is 86.2 cm³/mol. The minimum Gasteiger partial charge on any atom is -0.329 e. The smallest absolute Gasteiger partial charge is 0.229 e. The van der Waals surface area contributed by atoms with E-state index < -0.39 is 17.0 Å². The summed E-state index contributed by atoms with van der Waals surface area (Å²) in [6, 6.07) is 8.50. The molecule has 1 atom stereocenters. The molecule has 0 aliphatic heterocycles. The van der Waals surface area contributed by atoms with Gasteiger partial charge in [0.15, 0.2) is 0 Å². The largest absolute Gasteiger partial charge is 0.329 e. The van der Waals surface area contributed by atoms with E-state index >= 15 is 0 Å². The molecule has 1 aromatic rings. The van der Waals surface area contributed by atoms with Gasteiger partial charge in [-0.3, -0.25) is 9.59 Å². The Morgan fingerprint density at radius 2 is 1.73 bits per heavy atom. The zero-order chi connectivity index (χ0) is 16.2. The fraction of sp³-hybridized carbons (Fsp3) is 0.294. The van der Waals surface area contributed by atoms with E-state index in [9.17, 15) is 9.59 Å². The number of nitrogens with two attached hydrogens (primary N) is 3. The third-order valence-corrected chi connectivity index (χ3v) is 3.95. The maximum absolute atomic E-state index is 12.8. The first kappa shape index (κ1) is 16.3. The van der Waals surface area contributed by atoms with Gasteiger partial charge < -0.3 is 17.2 Å². The van der Waals surface area contributed by atoms with Gasteiger partial charge >= 0.3 is 0 Å². The molecule has 0 spiro atoms. The van der Waals surface area contributed by atoms with Crippen LogP contribution in [0.15, 0.2) is 53.6 Å². The number of rotatable bonds is 6. The molecule has 1 unspecified atom stereocenters. The molecule has 2 rings (SSSR count). The van der Waals surface area contributed by atoms with Gasteiger partial charge in [0.1, 0.15) is 0 Å². The van der Waals surface area contributed by atoms with Crippen molar-refractivity contribution in [1.29, 1.82) is 0 Å². The van der Waals surface area contributed by atoms with Gasteiger partial charge in [0.2, 0.25) is 11.6 Å². The quantitative estimate of drug-likeness (QED) is 0.525. The summed E-state index contributed by atoms with van der Waals surface area (Å²) < 4.78 is 0. The molecule has 1 aliphatic carbocycles. The van der Waals surface area contributed by atoms with Crippen molar-refractivity contribution >= 4 is 11.6 Å². The van der Waals surface area contributed by atoms with Crippen molar-refractivity contribution in [3.63, 3.8) is 0 Å². The molecule has 0 heterocycles. The highest BCUT2D eigenvalue weighted by Gasteiger charge is 2.41. The monoisotopic (exact) mass is 299 g/mol. The Morgan fingerprint density at radius 1 is 1.05 bits per heavy atom. The fourth-order valence-corrected chi connectivity index (χ4v) is 2.73. The third kappa shape index (κ3) is 3.06. The number of carbonyl (C=O) groups excluding carboxylic acids is 2. The molecular weight excluding hydrogens is 278 g/mol. The zero-order valence-electron chi connectivity index (χ0n) is 12.4. The Balaban J connectivity index is 2.39. The average molecular weight is 299 g/mol. The third-order valence-electron chi connectivity index (χ3n) is 3.95. The lowest BCUT2D eigenvalue weighted by Crippen LogP contribution is -2.43. The minimum atomic E-state index is -1.05. The van der Waals surface area contributed by atoms with Gasteiger partial charge in [0.05, 0.1) is 5.41 Å². The average Bonchev–Trinajstić information content (AvgIpc) is 2.60. The SMILES string of the molecule is NCC1=CC(CN)(C(=O)C(=O)c2ccccc2)CC(CN)=C1. The Bertz CT molecular complexity index is 635. The lowest BCUT2D eigenvalue weighted by Gasteiger charge is -2.32. The summed E-state index contributed by atoms with van der Waals surface area (Å²) in [5.74, 6) is -1.04. The van der Waals surface area contributed by atoms with E-state index in [-0.39, 0.29) is 13.1 Å². The second-order valence-corrected chi connectivity index (χ2v) is 5.49. The Morgan fingerprint density at radius 3 is 2.27 bits per heavy atom. The molecule has 0 aromatic heterocycles. The maximum atomic E-state index is 12.8. The van der Waals surface area contributed by atoms with Crippen LogP contribution in [0.1, 0.15) is 16.8 Å². The first-order valence-corrected chi connectivity index (χ1v) is 7.22. The summed E-state index contributed by atoms with van der Waals surface area (Å²) in [5, 5.41) is 0. The molecule has 0 fully saturated rings.